The van der Waals surface area contributed by atoms with Gasteiger partial charge in [-0.25, -0.2) is 0 Å². The van der Waals surface area contributed by atoms with Crippen molar-refractivity contribution in [3.63, 3.8) is 0 Å². The molecule has 2 rings (SSSR count). The van der Waals surface area contributed by atoms with E-state index in [1.165, 1.54) is 5.56 Å². The molecule has 1 aromatic rings. The lowest BCUT2D eigenvalue weighted by molar-refractivity contribution is 0.135. The summed E-state index contributed by atoms with van der Waals surface area (Å²) in [5.41, 5.74) is 1.31. The van der Waals surface area contributed by atoms with E-state index in [-0.39, 0.29) is 0 Å². The van der Waals surface area contributed by atoms with E-state index in [2.05, 4.69) is 43.1 Å². The molecule has 3 heteroatoms. The van der Waals surface area contributed by atoms with E-state index < -0.39 is 0 Å². The first-order chi connectivity index (χ1) is 8.58. The van der Waals surface area contributed by atoms with Gasteiger partial charge in [-0.2, -0.15) is 0 Å². The Kier molecular flexibility index (Phi) is 4.66. The summed E-state index contributed by atoms with van der Waals surface area (Å²) in [6.45, 7) is 10.1. The molecule has 18 heavy (non-hydrogen) atoms. The molecule has 0 bridgehead atoms. The van der Waals surface area contributed by atoms with Gasteiger partial charge in [-0.05, 0) is 30.5 Å². The first-order valence-electron chi connectivity index (χ1n) is 6.81. The van der Waals surface area contributed by atoms with Crippen LogP contribution in [-0.2, 0) is 0 Å². The van der Waals surface area contributed by atoms with E-state index in [1.807, 2.05) is 12.1 Å². The van der Waals surface area contributed by atoms with Crippen LogP contribution in [0.1, 0.15) is 32.4 Å². The molecule has 1 saturated heterocycles. The number of benzene rings is 1. The van der Waals surface area contributed by atoms with Gasteiger partial charge in [0, 0.05) is 36.7 Å². The van der Waals surface area contributed by atoms with Crippen molar-refractivity contribution in [3.8, 4) is 0 Å². The molecule has 2 unspecified atom stereocenters. The Bertz CT molecular complexity index is 392. The maximum absolute atomic E-state index is 6.08. The molecule has 1 aliphatic rings. The van der Waals surface area contributed by atoms with Crippen LogP contribution < -0.4 is 5.32 Å². The van der Waals surface area contributed by atoms with Gasteiger partial charge >= 0.3 is 0 Å². The Balaban J connectivity index is 2.06. The standard InChI is InChI=1S/C15H23ClN2/c1-11(2)15-10-18(8-7-17-15)12(3)13-5-4-6-14(16)9-13/h4-6,9,11-12,15,17H,7-8,10H2,1-3H3. The lowest BCUT2D eigenvalue weighted by Gasteiger charge is -2.39. The van der Waals surface area contributed by atoms with Crippen molar-refractivity contribution in [3.05, 3.63) is 34.9 Å². The zero-order valence-electron chi connectivity index (χ0n) is 11.5. The van der Waals surface area contributed by atoms with Crippen molar-refractivity contribution in [1.82, 2.24) is 10.2 Å². The fourth-order valence-corrected chi connectivity index (χ4v) is 2.78. The average molecular weight is 267 g/mol. The summed E-state index contributed by atoms with van der Waals surface area (Å²) in [7, 11) is 0. The van der Waals surface area contributed by atoms with Crippen molar-refractivity contribution in [2.75, 3.05) is 19.6 Å². The van der Waals surface area contributed by atoms with Gasteiger partial charge in [0.25, 0.3) is 0 Å². The highest BCUT2D eigenvalue weighted by Crippen LogP contribution is 2.24. The number of nitrogens with one attached hydrogen (secondary N) is 1. The first-order valence-corrected chi connectivity index (χ1v) is 7.18. The van der Waals surface area contributed by atoms with Gasteiger partial charge in [0.15, 0.2) is 0 Å². The highest BCUT2D eigenvalue weighted by Gasteiger charge is 2.25. The largest absolute Gasteiger partial charge is 0.311 e. The molecule has 0 spiro atoms. The molecule has 2 atom stereocenters. The van der Waals surface area contributed by atoms with Gasteiger partial charge < -0.3 is 5.32 Å². The van der Waals surface area contributed by atoms with Gasteiger partial charge in [0.05, 0.1) is 0 Å². The number of hydrogen-bond acceptors (Lipinski definition) is 2. The molecule has 1 heterocycles. The predicted molar refractivity (Wildman–Crippen MR) is 78.1 cm³/mol. The molecule has 1 N–H and O–H groups in total. The molecule has 1 fully saturated rings. The Morgan fingerprint density at radius 3 is 2.78 bits per heavy atom. The van der Waals surface area contributed by atoms with E-state index in [4.69, 9.17) is 11.6 Å². The van der Waals surface area contributed by atoms with Crippen LogP contribution in [0.5, 0.6) is 0 Å². The van der Waals surface area contributed by atoms with Crippen LogP contribution in [0.4, 0.5) is 0 Å². The quantitative estimate of drug-likeness (QED) is 0.903. The Morgan fingerprint density at radius 2 is 2.11 bits per heavy atom. The number of rotatable bonds is 3. The number of piperazine rings is 1. The molecule has 0 radical (unpaired) electrons. The lowest BCUT2D eigenvalue weighted by Crippen LogP contribution is -2.53. The van der Waals surface area contributed by atoms with Gasteiger partial charge in [0.2, 0.25) is 0 Å². The molecule has 2 nitrogen and oxygen atoms in total. The summed E-state index contributed by atoms with van der Waals surface area (Å²) >= 11 is 6.08. The SMILES string of the molecule is CC(C)C1CN(C(C)c2cccc(Cl)c2)CCN1. The molecule has 1 aromatic carbocycles. The van der Waals surface area contributed by atoms with Gasteiger partial charge in [-0.1, -0.05) is 37.6 Å². The van der Waals surface area contributed by atoms with Gasteiger partial charge in [-0.3, -0.25) is 4.90 Å². The second kappa shape index (κ2) is 6.05. The summed E-state index contributed by atoms with van der Waals surface area (Å²) < 4.78 is 0. The van der Waals surface area contributed by atoms with E-state index in [0.717, 1.165) is 24.7 Å². The lowest BCUT2D eigenvalue weighted by atomic mass is 9.99. The fraction of sp³-hybridized carbons (Fsp3) is 0.600. The third kappa shape index (κ3) is 3.25. The maximum atomic E-state index is 6.08. The van der Waals surface area contributed by atoms with Crippen molar-refractivity contribution < 1.29 is 0 Å². The van der Waals surface area contributed by atoms with E-state index >= 15 is 0 Å². The Labute approximate surface area is 115 Å². The average Bonchev–Trinajstić information content (AvgIpc) is 2.38. The van der Waals surface area contributed by atoms with Crippen molar-refractivity contribution in [2.24, 2.45) is 5.92 Å². The summed E-state index contributed by atoms with van der Waals surface area (Å²) in [4.78, 5) is 2.55. The molecule has 0 aromatic heterocycles. The minimum absolute atomic E-state index is 0.437. The van der Waals surface area contributed by atoms with Crippen LogP contribution in [0, 0.1) is 5.92 Å². The molecule has 0 aliphatic carbocycles. The first kappa shape index (κ1) is 13.9. The van der Waals surface area contributed by atoms with Crippen molar-refractivity contribution >= 4 is 11.6 Å². The summed E-state index contributed by atoms with van der Waals surface area (Å²) in [5.74, 6) is 0.680. The van der Waals surface area contributed by atoms with Crippen LogP contribution in [0.3, 0.4) is 0 Å². The van der Waals surface area contributed by atoms with Crippen molar-refractivity contribution in [1.29, 1.82) is 0 Å². The molecule has 0 saturated carbocycles. The number of hydrogen-bond donors (Lipinski definition) is 1. The second-order valence-corrected chi connectivity index (χ2v) is 5.97. The minimum Gasteiger partial charge on any atom is -0.311 e. The third-order valence-electron chi connectivity index (χ3n) is 3.92. The van der Waals surface area contributed by atoms with Crippen LogP contribution in [-0.4, -0.2) is 30.6 Å². The summed E-state index contributed by atoms with van der Waals surface area (Å²) in [5, 5.41) is 4.43. The van der Waals surface area contributed by atoms with E-state index in [1.54, 1.807) is 0 Å². The molecule has 0 amide bonds. The summed E-state index contributed by atoms with van der Waals surface area (Å²) in [6.07, 6.45) is 0. The monoisotopic (exact) mass is 266 g/mol. The zero-order valence-corrected chi connectivity index (χ0v) is 12.2. The highest BCUT2D eigenvalue weighted by atomic mass is 35.5. The molecule has 1 aliphatic heterocycles. The molecular formula is C15H23ClN2. The zero-order chi connectivity index (χ0) is 13.1. The number of halogens is 1. The third-order valence-corrected chi connectivity index (χ3v) is 4.16. The smallest absolute Gasteiger partial charge is 0.0409 e. The predicted octanol–water partition coefficient (Wildman–Crippen LogP) is 3.33. The van der Waals surface area contributed by atoms with Crippen LogP contribution >= 0.6 is 11.6 Å². The number of nitrogens with zero attached hydrogens (tertiary/aromatic N) is 1. The summed E-state index contributed by atoms with van der Waals surface area (Å²) in [6, 6.07) is 9.26. The maximum Gasteiger partial charge on any atom is 0.0409 e. The Hall–Kier alpha value is -0.570. The van der Waals surface area contributed by atoms with Gasteiger partial charge in [0.1, 0.15) is 0 Å². The van der Waals surface area contributed by atoms with Crippen LogP contribution in [0.25, 0.3) is 0 Å². The fourth-order valence-electron chi connectivity index (χ4n) is 2.58. The highest BCUT2D eigenvalue weighted by molar-refractivity contribution is 6.30. The topological polar surface area (TPSA) is 15.3 Å². The van der Waals surface area contributed by atoms with Crippen LogP contribution in [0.15, 0.2) is 24.3 Å². The van der Waals surface area contributed by atoms with Crippen LogP contribution in [0.2, 0.25) is 5.02 Å². The Morgan fingerprint density at radius 1 is 1.33 bits per heavy atom. The van der Waals surface area contributed by atoms with E-state index in [9.17, 15) is 0 Å². The molecule has 100 valence electrons. The van der Waals surface area contributed by atoms with E-state index in [0.29, 0.717) is 18.0 Å². The van der Waals surface area contributed by atoms with Gasteiger partial charge in [-0.15, -0.1) is 0 Å². The van der Waals surface area contributed by atoms with Crippen molar-refractivity contribution in [2.45, 2.75) is 32.9 Å². The normalized spacial score (nSPS) is 23.3. The minimum atomic E-state index is 0.437. The second-order valence-electron chi connectivity index (χ2n) is 5.53. The molecular weight excluding hydrogens is 244 g/mol.